The second-order valence-electron chi connectivity index (χ2n) is 5.82. The molecule has 1 N–H and O–H groups in total. The van der Waals surface area contributed by atoms with Gasteiger partial charge in [-0.2, -0.15) is 0 Å². The van der Waals surface area contributed by atoms with Gasteiger partial charge >= 0.3 is 0 Å². The highest BCUT2D eigenvalue weighted by Gasteiger charge is 2.22. The van der Waals surface area contributed by atoms with E-state index in [1.54, 1.807) is 7.11 Å². The lowest BCUT2D eigenvalue weighted by Gasteiger charge is -2.26. The van der Waals surface area contributed by atoms with Crippen molar-refractivity contribution in [1.82, 2.24) is 4.90 Å². The summed E-state index contributed by atoms with van der Waals surface area (Å²) in [6.45, 7) is 6.02. The zero-order valence-corrected chi connectivity index (χ0v) is 13.3. The Morgan fingerprint density at radius 3 is 2.52 bits per heavy atom. The average molecular weight is 290 g/mol. The topological polar surface area (TPSA) is 41.6 Å². The van der Waals surface area contributed by atoms with Crippen molar-refractivity contribution in [3.05, 3.63) is 23.8 Å². The molecule has 1 aromatic rings. The van der Waals surface area contributed by atoms with E-state index in [1.807, 2.05) is 32.0 Å². The number of nitrogens with one attached hydrogen (secondary N) is 1. The summed E-state index contributed by atoms with van der Waals surface area (Å²) in [5, 5.41) is 3.01. The first-order valence-corrected chi connectivity index (χ1v) is 7.81. The minimum absolute atomic E-state index is 0.0424. The lowest BCUT2D eigenvalue weighted by atomic mass is 10.2. The van der Waals surface area contributed by atoms with Gasteiger partial charge in [0.05, 0.1) is 18.8 Å². The van der Waals surface area contributed by atoms with Crippen LogP contribution in [0.25, 0.3) is 0 Å². The van der Waals surface area contributed by atoms with E-state index in [4.69, 9.17) is 4.74 Å². The number of carbonyl (C=O) groups excluding carboxylic acids is 1. The van der Waals surface area contributed by atoms with Gasteiger partial charge in [-0.15, -0.1) is 0 Å². The van der Waals surface area contributed by atoms with Gasteiger partial charge < -0.3 is 10.1 Å². The lowest BCUT2D eigenvalue weighted by Crippen LogP contribution is -2.42. The largest absolute Gasteiger partial charge is 0.495 e. The summed E-state index contributed by atoms with van der Waals surface area (Å²) >= 11 is 0. The summed E-state index contributed by atoms with van der Waals surface area (Å²) in [7, 11) is 1.62. The number of nitrogens with zero attached hydrogens (tertiary/aromatic N) is 1. The van der Waals surface area contributed by atoms with E-state index in [0.29, 0.717) is 5.75 Å². The van der Waals surface area contributed by atoms with Gasteiger partial charge in [0.1, 0.15) is 5.75 Å². The van der Waals surface area contributed by atoms with E-state index >= 15 is 0 Å². The maximum absolute atomic E-state index is 12.5. The number of hydrogen-bond donors (Lipinski definition) is 1. The lowest BCUT2D eigenvalue weighted by molar-refractivity contribution is -0.120. The van der Waals surface area contributed by atoms with E-state index < -0.39 is 0 Å². The fourth-order valence-corrected chi connectivity index (χ4v) is 2.80. The van der Waals surface area contributed by atoms with Crippen LogP contribution in [0.15, 0.2) is 18.2 Å². The van der Waals surface area contributed by atoms with Crippen LogP contribution in [-0.2, 0) is 4.79 Å². The van der Waals surface area contributed by atoms with Crippen LogP contribution >= 0.6 is 0 Å². The summed E-state index contributed by atoms with van der Waals surface area (Å²) in [5.41, 5.74) is 1.86. The molecular formula is C17H26N2O2. The highest BCUT2D eigenvalue weighted by atomic mass is 16.5. The third-order valence-corrected chi connectivity index (χ3v) is 4.18. The molecule has 116 valence electrons. The Bertz CT molecular complexity index is 480. The molecule has 4 nitrogen and oxygen atoms in total. The number of benzene rings is 1. The summed E-state index contributed by atoms with van der Waals surface area (Å²) < 4.78 is 5.32. The second-order valence-corrected chi connectivity index (χ2v) is 5.82. The first kappa shape index (κ1) is 15.8. The quantitative estimate of drug-likeness (QED) is 0.926. The average Bonchev–Trinajstić information content (AvgIpc) is 2.75. The van der Waals surface area contributed by atoms with E-state index in [1.165, 1.54) is 25.7 Å². The summed E-state index contributed by atoms with van der Waals surface area (Å²) in [6.07, 6.45) is 4.92. The molecule has 1 heterocycles. The first-order valence-electron chi connectivity index (χ1n) is 7.81. The maximum Gasteiger partial charge on any atom is 0.241 e. The van der Waals surface area contributed by atoms with Gasteiger partial charge in [-0.05, 0) is 57.5 Å². The fourth-order valence-electron chi connectivity index (χ4n) is 2.80. The predicted octanol–water partition coefficient (Wildman–Crippen LogP) is 3.21. The van der Waals surface area contributed by atoms with Crippen LogP contribution < -0.4 is 10.1 Å². The Hall–Kier alpha value is -1.55. The van der Waals surface area contributed by atoms with Crippen LogP contribution in [0, 0.1) is 6.92 Å². The molecule has 0 aromatic heterocycles. The fraction of sp³-hybridized carbons (Fsp3) is 0.588. The van der Waals surface area contributed by atoms with Gasteiger partial charge in [-0.25, -0.2) is 0 Å². The molecule has 2 rings (SSSR count). The molecule has 0 spiro atoms. The van der Waals surface area contributed by atoms with Crippen molar-refractivity contribution in [1.29, 1.82) is 0 Å². The molecule has 1 saturated heterocycles. The van der Waals surface area contributed by atoms with Gasteiger partial charge in [-0.3, -0.25) is 9.69 Å². The van der Waals surface area contributed by atoms with Crippen molar-refractivity contribution in [3.8, 4) is 5.75 Å². The van der Waals surface area contributed by atoms with E-state index in [2.05, 4.69) is 10.2 Å². The number of anilines is 1. The molecule has 0 bridgehead atoms. The predicted molar refractivity (Wildman–Crippen MR) is 85.9 cm³/mol. The van der Waals surface area contributed by atoms with Crippen molar-refractivity contribution >= 4 is 11.6 Å². The minimum atomic E-state index is -0.103. The number of ether oxygens (including phenoxy) is 1. The molecule has 0 aliphatic carbocycles. The third kappa shape index (κ3) is 4.21. The van der Waals surface area contributed by atoms with Crippen molar-refractivity contribution < 1.29 is 9.53 Å². The van der Waals surface area contributed by atoms with Crippen LogP contribution in [-0.4, -0.2) is 37.0 Å². The number of methoxy groups -OCH3 is 1. The van der Waals surface area contributed by atoms with Crippen molar-refractivity contribution in [2.24, 2.45) is 0 Å². The molecular weight excluding hydrogens is 264 g/mol. The molecule has 1 aliphatic rings. The van der Waals surface area contributed by atoms with Crippen LogP contribution in [0.2, 0.25) is 0 Å². The van der Waals surface area contributed by atoms with E-state index in [-0.39, 0.29) is 11.9 Å². The van der Waals surface area contributed by atoms with Gasteiger partial charge in [0.15, 0.2) is 0 Å². The Morgan fingerprint density at radius 2 is 1.90 bits per heavy atom. The number of carbonyl (C=O) groups is 1. The molecule has 1 atom stereocenters. The monoisotopic (exact) mass is 290 g/mol. The Labute approximate surface area is 127 Å². The summed E-state index contributed by atoms with van der Waals surface area (Å²) in [4.78, 5) is 14.8. The minimum Gasteiger partial charge on any atom is -0.495 e. The smallest absolute Gasteiger partial charge is 0.241 e. The van der Waals surface area contributed by atoms with Crippen molar-refractivity contribution in [2.75, 3.05) is 25.5 Å². The highest BCUT2D eigenvalue weighted by Crippen LogP contribution is 2.25. The molecule has 1 aliphatic heterocycles. The van der Waals surface area contributed by atoms with Crippen LogP contribution in [0.4, 0.5) is 5.69 Å². The van der Waals surface area contributed by atoms with Gasteiger partial charge in [0.25, 0.3) is 0 Å². The standard InChI is InChI=1S/C17H26N2O2/c1-13-8-9-16(21-3)15(12-13)18-17(20)14(2)19-10-6-4-5-7-11-19/h8-9,12,14H,4-7,10-11H2,1-3H3,(H,18,20)/t14-/m0/s1. The number of likely N-dealkylation sites (tertiary alicyclic amines) is 1. The molecule has 0 radical (unpaired) electrons. The van der Waals surface area contributed by atoms with E-state index in [9.17, 15) is 4.79 Å². The number of hydrogen-bond acceptors (Lipinski definition) is 3. The van der Waals surface area contributed by atoms with Gasteiger partial charge in [0.2, 0.25) is 5.91 Å². The SMILES string of the molecule is COc1ccc(C)cc1NC(=O)[C@H](C)N1CCCCCC1. The Kier molecular flexibility index (Phi) is 5.62. The summed E-state index contributed by atoms with van der Waals surface area (Å²) in [6, 6.07) is 5.72. The number of amides is 1. The first-order chi connectivity index (χ1) is 10.1. The Morgan fingerprint density at radius 1 is 1.24 bits per heavy atom. The zero-order valence-electron chi connectivity index (χ0n) is 13.3. The Balaban J connectivity index is 2.04. The maximum atomic E-state index is 12.5. The van der Waals surface area contributed by atoms with Crippen LogP contribution in [0.5, 0.6) is 5.75 Å². The summed E-state index contributed by atoms with van der Waals surface area (Å²) in [5.74, 6) is 0.748. The molecule has 0 unspecified atom stereocenters. The highest BCUT2D eigenvalue weighted by molar-refractivity contribution is 5.95. The van der Waals surface area contributed by atoms with E-state index in [0.717, 1.165) is 24.3 Å². The van der Waals surface area contributed by atoms with Gasteiger partial charge in [0, 0.05) is 0 Å². The molecule has 0 saturated carbocycles. The molecule has 1 aromatic carbocycles. The van der Waals surface area contributed by atoms with Crippen LogP contribution in [0.3, 0.4) is 0 Å². The number of rotatable bonds is 4. The number of aryl methyl sites for hydroxylation is 1. The molecule has 21 heavy (non-hydrogen) atoms. The zero-order chi connectivity index (χ0) is 15.2. The van der Waals surface area contributed by atoms with Crippen molar-refractivity contribution in [3.63, 3.8) is 0 Å². The molecule has 4 heteroatoms. The van der Waals surface area contributed by atoms with Crippen LogP contribution in [0.1, 0.15) is 38.2 Å². The van der Waals surface area contributed by atoms with Crippen molar-refractivity contribution in [2.45, 2.75) is 45.6 Å². The van der Waals surface area contributed by atoms with Gasteiger partial charge in [-0.1, -0.05) is 18.9 Å². The third-order valence-electron chi connectivity index (χ3n) is 4.18. The molecule has 1 fully saturated rings. The normalized spacial score (nSPS) is 17.9. The molecule has 1 amide bonds. The second kappa shape index (κ2) is 7.46.